The van der Waals surface area contributed by atoms with E-state index < -0.39 is 24.3 Å². The number of nitrogens with one attached hydrogen (secondary N) is 2. The molecule has 168 valence electrons. The van der Waals surface area contributed by atoms with Crippen molar-refractivity contribution in [2.24, 2.45) is 5.92 Å². The Kier molecular flexibility index (Phi) is 5.96. The van der Waals surface area contributed by atoms with Crippen LogP contribution in [0.5, 0.6) is 0 Å². The number of fused-ring (bicyclic) bond motifs is 2. The Morgan fingerprint density at radius 2 is 2.16 bits per heavy atom. The molecule has 11 heteroatoms. The summed E-state index contributed by atoms with van der Waals surface area (Å²) in [4.78, 5) is 30.7. The van der Waals surface area contributed by atoms with Gasteiger partial charge in [0.1, 0.15) is 11.0 Å². The van der Waals surface area contributed by atoms with Gasteiger partial charge < -0.3 is 15.4 Å². The second-order valence-corrected chi connectivity index (χ2v) is 9.22. The number of carbonyl (C=O) groups excluding carboxylic acids is 2. The van der Waals surface area contributed by atoms with E-state index in [2.05, 4.69) is 27.6 Å². The van der Waals surface area contributed by atoms with Crippen molar-refractivity contribution in [3.63, 3.8) is 0 Å². The van der Waals surface area contributed by atoms with Crippen LogP contribution in [-0.2, 0) is 17.6 Å². The van der Waals surface area contributed by atoms with Gasteiger partial charge in [0.15, 0.2) is 0 Å². The summed E-state index contributed by atoms with van der Waals surface area (Å²) in [5, 5.41) is 10.1. The van der Waals surface area contributed by atoms with E-state index in [1.54, 1.807) is 13.8 Å². The van der Waals surface area contributed by atoms with E-state index in [0.717, 1.165) is 34.4 Å². The maximum absolute atomic E-state index is 13.4. The molecule has 0 bridgehead atoms. The van der Waals surface area contributed by atoms with Gasteiger partial charge in [-0.25, -0.2) is 18.3 Å². The molecule has 0 spiro atoms. The monoisotopic (exact) mass is 453 g/mol. The van der Waals surface area contributed by atoms with Gasteiger partial charge in [-0.05, 0) is 51.0 Å². The number of hydrogen-bond donors (Lipinski definition) is 2. The average molecular weight is 454 g/mol. The molecule has 2 aromatic heterocycles. The number of alkyl halides is 2. The summed E-state index contributed by atoms with van der Waals surface area (Å²) >= 11 is 1.35. The zero-order chi connectivity index (χ0) is 22.3. The Morgan fingerprint density at radius 3 is 2.87 bits per heavy atom. The van der Waals surface area contributed by atoms with Gasteiger partial charge in [0.05, 0.1) is 12.2 Å². The summed E-state index contributed by atoms with van der Waals surface area (Å²) in [5.41, 5.74) is 1.30. The van der Waals surface area contributed by atoms with Gasteiger partial charge in [0.2, 0.25) is 11.8 Å². The Morgan fingerprint density at radius 1 is 1.39 bits per heavy atom. The van der Waals surface area contributed by atoms with Crippen molar-refractivity contribution in [3.05, 3.63) is 21.8 Å². The molecule has 2 N–H and O–H groups in total. The number of esters is 1. The third-order valence-corrected chi connectivity index (χ3v) is 6.80. The molecular formula is C20H25F2N5O3S. The maximum Gasteiger partial charge on any atom is 0.341 e. The molecule has 0 radical (unpaired) electrons. The van der Waals surface area contributed by atoms with E-state index in [1.807, 2.05) is 0 Å². The minimum absolute atomic E-state index is 0.138. The SMILES string of the molecule is CCOC(=O)c1c(NC(=O)c2nc3n(n2)[C@H](C(F)F)C[C@H](C)N3)sc2c1CC[C@H](C)C2. The Labute approximate surface area is 182 Å². The minimum atomic E-state index is -2.62. The number of nitrogens with zero attached hydrogens (tertiary/aromatic N) is 3. The Balaban J connectivity index is 1.64. The molecule has 0 aromatic carbocycles. The molecule has 3 heterocycles. The van der Waals surface area contributed by atoms with Gasteiger partial charge in [-0.1, -0.05) is 6.92 Å². The van der Waals surface area contributed by atoms with Crippen LogP contribution in [0.15, 0.2) is 0 Å². The smallest absolute Gasteiger partial charge is 0.341 e. The Bertz CT molecular complexity index is 1010. The van der Waals surface area contributed by atoms with Gasteiger partial charge in [0.25, 0.3) is 12.3 Å². The van der Waals surface area contributed by atoms with Crippen LogP contribution in [0.25, 0.3) is 0 Å². The maximum atomic E-state index is 13.4. The molecule has 4 rings (SSSR count). The van der Waals surface area contributed by atoms with E-state index in [1.165, 1.54) is 11.3 Å². The van der Waals surface area contributed by atoms with Crippen LogP contribution in [0.1, 0.15) is 71.1 Å². The lowest BCUT2D eigenvalue weighted by molar-refractivity contribution is 0.0526. The van der Waals surface area contributed by atoms with E-state index in [4.69, 9.17) is 4.74 Å². The van der Waals surface area contributed by atoms with Crippen molar-refractivity contribution >= 4 is 34.2 Å². The zero-order valence-electron chi connectivity index (χ0n) is 17.6. The molecule has 0 saturated carbocycles. The third-order valence-electron chi connectivity index (χ3n) is 5.63. The topological polar surface area (TPSA) is 98.1 Å². The number of anilines is 2. The van der Waals surface area contributed by atoms with Crippen LogP contribution in [0.4, 0.5) is 19.7 Å². The summed E-state index contributed by atoms with van der Waals surface area (Å²) < 4.78 is 33.2. The number of thiophene rings is 1. The van der Waals surface area contributed by atoms with Gasteiger partial charge >= 0.3 is 5.97 Å². The number of rotatable bonds is 5. The fraction of sp³-hybridized carbons (Fsp3) is 0.600. The van der Waals surface area contributed by atoms with Crippen molar-refractivity contribution in [2.45, 2.75) is 65.0 Å². The molecule has 3 atom stereocenters. The van der Waals surface area contributed by atoms with E-state index in [0.29, 0.717) is 16.5 Å². The zero-order valence-corrected chi connectivity index (χ0v) is 18.4. The number of halogens is 2. The fourth-order valence-electron chi connectivity index (χ4n) is 4.12. The predicted octanol–water partition coefficient (Wildman–Crippen LogP) is 3.90. The van der Waals surface area contributed by atoms with E-state index in [9.17, 15) is 18.4 Å². The molecule has 1 amide bonds. The first-order chi connectivity index (χ1) is 14.8. The summed E-state index contributed by atoms with van der Waals surface area (Å²) in [6.07, 6.45) is 0.0842. The van der Waals surface area contributed by atoms with Crippen LogP contribution < -0.4 is 10.6 Å². The number of amides is 1. The second kappa shape index (κ2) is 8.52. The van der Waals surface area contributed by atoms with Crippen molar-refractivity contribution in [1.82, 2.24) is 14.8 Å². The average Bonchev–Trinajstić information content (AvgIpc) is 3.27. The minimum Gasteiger partial charge on any atom is -0.462 e. The first-order valence-corrected chi connectivity index (χ1v) is 11.2. The van der Waals surface area contributed by atoms with Gasteiger partial charge in [-0.3, -0.25) is 4.79 Å². The lowest BCUT2D eigenvalue weighted by atomic mass is 9.88. The molecule has 0 unspecified atom stereocenters. The summed E-state index contributed by atoms with van der Waals surface area (Å²) in [5.74, 6) is -0.724. The highest BCUT2D eigenvalue weighted by molar-refractivity contribution is 7.17. The molecule has 2 aliphatic rings. The van der Waals surface area contributed by atoms with Crippen LogP contribution in [0.3, 0.4) is 0 Å². The van der Waals surface area contributed by atoms with Crippen molar-refractivity contribution in [2.75, 3.05) is 17.2 Å². The summed E-state index contributed by atoms with van der Waals surface area (Å²) in [6, 6.07) is -1.36. The number of aromatic nitrogens is 3. The molecule has 8 nitrogen and oxygen atoms in total. The molecular weight excluding hydrogens is 428 g/mol. The van der Waals surface area contributed by atoms with Crippen molar-refractivity contribution in [1.29, 1.82) is 0 Å². The first kappa shape index (κ1) is 21.7. The lowest BCUT2D eigenvalue weighted by Crippen LogP contribution is -2.33. The van der Waals surface area contributed by atoms with Gasteiger partial charge in [-0.2, -0.15) is 4.98 Å². The predicted molar refractivity (Wildman–Crippen MR) is 112 cm³/mol. The highest BCUT2D eigenvalue weighted by Crippen LogP contribution is 2.40. The van der Waals surface area contributed by atoms with Crippen LogP contribution in [0.2, 0.25) is 0 Å². The number of ether oxygens (including phenoxy) is 1. The van der Waals surface area contributed by atoms with Crippen molar-refractivity contribution < 1.29 is 23.1 Å². The Hall–Kier alpha value is -2.56. The molecule has 2 aromatic rings. The quantitative estimate of drug-likeness (QED) is 0.667. The van der Waals surface area contributed by atoms with E-state index >= 15 is 0 Å². The van der Waals surface area contributed by atoms with Gasteiger partial charge in [0, 0.05) is 10.9 Å². The van der Waals surface area contributed by atoms with Crippen molar-refractivity contribution in [3.8, 4) is 0 Å². The summed E-state index contributed by atoms with van der Waals surface area (Å²) in [6.45, 7) is 5.87. The molecule has 31 heavy (non-hydrogen) atoms. The van der Waals surface area contributed by atoms with Crippen LogP contribution >= 0.6 is 11.3 Å². The standard InChI is InChI=1S/C20H25F2N5O3S/c1-4-30-19(29)14-11-6-5-9(2)7-13(11)31-18(14)25-17(28)16-24-20-23-10(3)8-12(15(21)22)27(20)26-16/h9-10,12,15H,4-8H2,1-3H3,(H,25,28)(H,23,24,26)/t9-,10-,12-/m0/s1. The molecule has 1 aliphatic carbocycles. The lowest BCUT2D eigenvalue weighted by Gasteiger charge is -2.28. The normalized spacial score (nSPS) is 22.5. The highest BCUT2D eigenvalue weighted by atomic mass is 32.1. The summed E-state index contributed by atoms with van der Waals surface area (Å²) in [7, 11) is 0. The highest BCUT2D eigenvalue weighted by Gasteiger charge is 2.35. The number of hydrogen-bond acceptors (Lipinski definition) is 7. The second-order valence-electron chi connectivity index (χ2n) is 8.12. The van der Waals surface area contributed by atoms with E-state index in [-0.39, 0.29) is 30.8 Å². The molecule has 0 saturated heterocycles. The molecule has 1 aliphatic heterocycles. The fourth-order valence-corrected chi connectivity index (χ4v) is 5.51. The van der Waals surface area contributed by atoms with Crippen LogP contribution in [-0.4, -0.2) is 45.7 Å². The molecule has 0 fully saturated rings. The third kappa shape index (κ3) is 4.15. The largest absolute Gasteiger partial charge is 0.462 e. The van der Waals surface area contributed by atoms with Crippen LogP contribution in [0, 0.1) is 5.92 Å². The van der Waals surface area contributed by atoms with Gasteiger partial charge in [-0.15, -0.1) is 16.4 Å². The first-order valence-electron chi connectivity index (χ1n) is 10.4. The number of carbonyl (C=O) groups is 2.